The lowest BCUT2D eigenvalue weighted by atomic mass is 9.96. The van der Waals surface area contributed by atoms with Crippen molar-refractivity contribution in [1.82, 2.24) is 14.5 Å². The second-order valence-electron chi connectivity index (χ2n) is 7.58. The van der Waals surface area contributed by atoms with Crippen molar-refractivity contribution in [2.45, 2.75) is 51.0 Å². The van der Waals surface area contributed by atoms with Crippen LogP contribution in [0.15, 0.2) is 24.4 Å². The molecular weight excluding hydrogens is 342 g/mol. The van der Waals surface area contributed by atoms with Crippen LogP contribution in [0.4, 0.5) is 0 Å². The van der Waals surface area contributed by atoms with Crippen molar-refractivity contribution in [3.63, 3.8) is 0 Å². The number of aryl methyl sites for hydroxylation is 1. The van der Waals surface area contributed by atoms with E-state index in [4.69, 9.17) is 9.72 Å². The first-order chi connectivity index (χ1) is 13.2. The van der Waals surface area contributed by atoms with Crippen LogP contribution in [-0.4, -0.2) is 45.7 Å². The molecule has 1 unspecified atom stereocenters. The lowest BCUT2D eigenvalue weighted by molar-refractivity contribution is -0.131. The van der Waals surface area contributed by atoms with Gasteiger partial charge >= 0.3 is 0 Å². The number of aromatic nitrogens is 2. The van der Waals surface area contributed by atoms with Crippen LogP contribution in [0.5, 0.6) is 11.5 Å². The SMILES string of the molecule is COc1cc(CC(=O)N2CCCC(c3ncc4n3CCCC4)C2)ccc1O. The van der Waals surface area contributed by atoms with Gasteiger partial charge < -0.3 is 19.3 Å². The number of carbonyl (C=O) groups is 1. The van der Waals surface area contributed by atoms with Gasteiger partial charge in [0.25, 0.3) is 0 Å². The first kappa shape index (κ1) is 17.9. The molecule has 1 aromatic heterocycles. The molecule has 1 amide bonds. The Kier molecular flexibility index (Phi) is 5.05. The Morgan fingerprint density at radius 1 is 1.30 bits per heavy atom. The largest absolute Gasteiger partial charge is 0.504 e. The minimum atomic E-state index is 0.0933. The highest BCUT2D eigenvalue weighted by Gasteiger charge is 2.29. The molecule has 0 bridgehead atoms. The van der Waals surface area contributed by atoms with Crippen molar-refractivity contribution < 1.29 is 14.6 Å². The van der Waals surface area contributed by atoms with Crippen molar-refractivity contribution >= 4 is 5.91 Å². The maximum atomic E-state index is 12.9. The number of piperidine rings is 1. The number of amides is 1. The summed E-state index contributed by atoms with van der Waals surface area (Å²) >= 11 is 0. The monoisotopic (exact) mass is 369 g/mol. The molecule has 144 valence electrons. The number of likely N-dealkylation sites (tertiary alicyclic amines) is 1. The van der Waals surface area contributed by atoms with Crippen molar-refractivity contribution in [2.24, 2.45) is 0 Å². The molecule has 27 heavy (non-hydrogen) atoms. The summed E-state index contributed by atoms with van der Waals surface area (Å²) in [5, 5.41) is 9.73. The van der Waals surface area contributed by atoms with Crippen LogP contribution in [0.25, 0.3) is 0 Å². The van der Waals surface area contributed by atoms with Crippen LogP contribution in [0, 0.1) is 0 Å². The van der Waals surface area contributed by atoms with E-state index in [9.17, 15) is 9.90 Å². The average molecular weight is 369 g/mol. The number of fused-ring (bicyclic) bond motifs is 1. The van der Waals surface area contributed by atoms with E-state index in [0.717, 1.165) is 50.3 Å². The predicted molar refractivity (Wildman–Crippen MR) is 102 cm³/mol. The van der Waals surface area contributed by atoms with Crippen molar-refractivity contribution in [3.8, 4) is 11.5 Å². The van der Waals surface area contributed by atoms with E-state index in [-0.39, 0.29) is 11.7 Å². The molecule has 3 heterocycles. The van der Waals surface area contributed by atoms with Gasteiger partial charge in [-0.15, -0.1) is 0 Å². The number of imidazole rings is 1. The van der Waals surface area contributed by atoms with Crippen molar-refractivity contribution in [3.05, 3.63) is 41.5 Å². The number of hydrogen-bond acceptors (Lipinski definition) is 4. The zero-order valence-corrected chi connectivity index (χ0v) is 15.9. The number of phenols is 1. The lowest BCUT2D eigenvalue weighted by Gasteiger charge is -2.33. The molecule has 1 fully saturated rings. The van der Waals surface area contributed by atoms with E-state index in [1.54, 1.807) is 18.2 Å². The number of methoxy groups -OCH3 is 1. The fourth-order valence-corrected chi connectivity index (χ4v) is 4.32. The number of aromatic hydroxyl groups is 1. The van der Waals surface area contributed by atoms with Crippen LogP contribution in [0.2, 0.25) is 0 Å². The van der Waals surface area contributed by atoms with E-state index in [1.807, 2.05) is 11.1 Å². The van der Waals surface area contributed by atoms with Gasteiger partial charge in [0.2, 0.25) is 5.91 Å². The molecule has 6 nitrogen and oxygen atoms in total. The van der Waals surface area contributed by atoms with Crippen molar-refractivity contribution in [2.75, 3.05) is 20.2 Å². The molecule has 0 aliphatic carbocycles. The Bertz CT molecular complexity index is 830. The third-order valence-electron chi connectivity index (χ3n) is 5.77. The van der Waals surface area contributed by atoms with Gasteiger partial charge in [-0.1, -0.05) is 6.07 Å². The Morgan fingerprint density at radius 2 is 2.19 bits per heavy atom. The number of hydrogen-bond donors (Lipinski definition) is 1. The molecule has 1 N–H and O–H groups in total. The van der Waals surface area contributed by atoms with Crippen LogP contribution in [-0.2, 0) is 24.2 Å². The molecule has 1 saturated heterocycles. The molecule has 0 radical (unpaired) electrons. The zero-order valence-electron chi connectivity index (χ0n) is 15.9. The van der Waals surface area contributed by atoms with E-state index in [1.165, 1.54) is 25.6 Å². The summed E-state index contributed by atoms with van der Waals surface area (Å²) in [7, 11) is 1.51. The minimum absolute atomic E-state index is 0.0933. The summed E-state index contributed by atoms with van der Waals surface area (Å²) in [4.78, 5) is 19.5. The second kappa shape index (κ2) is 7.62. The summed E-state index contributed by atoms with van der Waals surface area (Å²) in [6, 6.07) is 5.10. The number of benzene rings is 1. The highest BCUT2D eigenvalue weighted by Crippen LogP contribution is 2.30. The molecule has 2 aromatic rings. The van der Waals surface area contributed by atoms with Crippen molar-refractivity contribution in [1.29, 1.82) is 0 Å². The first-order valence-corrected chi connectivity index (χ1v) is 9.83. The molecule has 6 heteroatoms. The Balaban J connectivity index is 1.45. The summed E-state index contributed by atoms with van der Waals surface area (Å²) in [5.74, 6) is 2.10. The number of carbonyl (C=O) groups excluding carboxylic acids is 1. The Morgan fingerprint density at radius 3 is 3.04 bits per heavy atom. The average Bonchev–Trinajstić information content (AvgIpc) is 3.13. The van der Waals surface area contributed by atoms with Gasteiger partial charge in [-0.25, -0.2) is 4.98 Å². The zero-order chi connectivity index (χ0) is 18.8. The molecule has 1 aromatic carbocycles. The van der Waals surface area contributed by atoms with Gasteiger partial charge in [0, 0.05) is 37.4 Å². The third-order valence-corrected chi connectivity index (χ3v) is 5.77. The molecule has 4 rings (SSSR count). The standard InChI is InChI=1S/C21H27N3O3/c1-27-19-11-15(7-8-18(19)25)12-20(26)23-9-4-5-16(14-23)21-22-13-17-6-2-3-10-24(17)21/h7-8,11,13,16,25H,2-6,9-10,12,14H2,1H3. The number of ether oxygens (including phenoxy) is 1. The minimum Gasteiger partial charge on any atom is -0.504 e. The van der Waals surface area contributed by atoms with Crippen LogP contribution in [0.3, 0.4) is 0 Å². The Hall–Kier alpha value is -2.50. The molecule has 0 spiro atoms. The third kappa shape index (κ3) is 3.66. The van der Waals surface area contributed by atoms with Crippen LogP contribution < -0.4 is 4.74 Å². The molecule has 1 atom stereocenters. The normalized spacial score (nSPS) is 19.6. The maximum Gasteiger partial charge on any atom is 0.227 e. The topological polar surface area (TPSA) is 67.6 Å². The molecular formula is C21H27N3O3. The van der Waals surface area contributed by atoms with Gasteiger partial charge in [-0.2, -0.15) is 0 Å². The van der Waals surface area contributed by atoms with Crippen LogP contribution in [0.1, 0.15) is 48.7 Å². The maximum absolute atomic E-state index is 12.9. The highest BCUT2D eigenvalue weighted by molar-refractivity contribution is 5.79. The number of nitrogens with zero attached hydrogens (tertiary/aromatic N) is 3. The molecule has 2 aliphatic rings. The summed E-state index contributed by atoms with van der Waals surface area (Å²) in [6.45, 7) is 2.60. The molecule has 0 saturated carbocycles. The van der Waals surface area contributed by atoms with Gasteiger partial charge in [-0.05, 0) is 49.8 Å². The van der Waals surface area contributed by atoms with Crippen LogP contribution >= 0.6 is 0 Å². The Labute approximate surface area is 159 Å². The quantitative estimate of drug-likeness (QED) is 0.900. The smallest absolute Gasteiger partial charge is 0.227 e. The van der Waals surface area contributed by atoms with E-state index >= 15 is 0 Å². The van der Waals surface area contributed by atoms with E-state index < -0.39 is 0 Å². The predicted octanol–water partition coefficient (Wildman–Crippen LogP) is 2.88. The summed E-state index contributed by atoms with van der Waals surface area (Å²) in [5.41, 5.74) is 2.20. The second-order valence-corrected chi connectivity index (χ2v) is 7.58. The van der Waals surface area contributed by atoms with E-state index in [2.05, 4.69) is 4.57 Å². The van der Waals surface area contributed by atoms with Gasteiger partial charge in [0.1, 0.15) is 5.82 Å². The highest BCUT2D eigenvalue weighted by atomic mass is 16.5. The summed E-state index contributed by atoms with van der Waals surface area (Å²) in [6.07, 6.45) is 8.03. The fraction of sp³-hybridized carbons (Fsp3) is 0.524. The van der Waals surface area contributed by atoms with Gasteiger partial charge in [0.05, 0.1) is 13.5 Å². The fourth-order valence-electron chi connectivity index (χ4n) is 4.32. The lowest BCUT2D eigenvalue weighted by Crippen LogP contribution is -2.40. The number of rotatable bonds is 4. The van der Waals surface area contributed by atoms with E-state index in [0.29, 0.717) is 18.1 Å². The molecule has 2 aliphatic heterocycles. The number of phenolic OH excluding ortho intramolecular Hbond substituents is 1. The summed E-state index contributed by atoms with van der Waals surface area (Å²) < 4.78 is 7.53. The first-order valence-electron chi connectivity index (χ1n) is 9.83. The van der Waals surface area contributed by atoms with Gasteiger partial charge in [-0.3, -0.25) is 4.79 Å². The van der Waals surface area contributed by atoms with Gasteiger partial charge in [0.15, 0.2) is 11.5 Å².